The van der Waals surface area contributed by atoms with Gasteiger partial charge in [0.15, 0.2) is 186 Å². The van der Waals surface area contributed by atoms with Crippen LogP contribution in [-0.2, 0) is 0 Å². The van der Waals surface area contributed by atoms with Crippen LogP contribution in [0, 0.1) is 233 Å². The second-order valence-corrected chi connectivity index (χ2v) is 20.1. The molecule has 0 bridgehead atoms. The molecule has 0 spiro atoms. The summed E-state index contributed by atoms with van der Waals surface area (Å²) in [5.74, 6) is -107. The molecule has 3 unspecified atom stereocenters. The minimum absolute atomic E-state index is 0.384. The Hall–Kier alpha value is -9.22. The molecular formula is C60H36BF40N3O3. The van der Waals surface area contributed by atoms with Gasteiger partial charge in [-0.25, -0.2) is 176 Å². The quantitative estimate of drug-likeness (QED) is 0.0407. The van der Waals surface area contributed by atoms with E-state index in [0.717, 1.165) is 19.3 Å². The fourth-order valence-electron chi connectivity index (χ4n) is 6.60. The van der Waals surface area contributed by atoms with Crippen molar-refractivity contribution >= 4 is 7.32 Å². The SMILES string of the molecule is CCC(C)N.CCC(C)N.CCC(C)N.Fc1c(F)c(F)c(-c2c(F)c(F)c(F)c(F)c2F)c(F)c1F.Fc1c(F)c(F)c(-c2c(F)c(F)c(F)c(F)c2F)c(F)c1F.Fc1c(F)c(F)c(-c2c(F)c(F)c(F)c(F)c2F)c(F)c1F.Fc1c(F)c(F)c(-c2c(F)c(F)c(F)c(F)c2F)c(F)c1F.OB(O)O. The molecule has 6 nitrogen and oxygen atoms in total. The van der Waals surface area contributed by atoms with E-state index in [1.807, 2.05) is 20.8 Å². The molecule has 0 fully saturated rings. The highest BCUT2D eigenvalue weighted by molar-refractivity contribution is 6.30. The summed E-state index contributed by atoms with van der Waals surface area (Å²) in [7, 11) is -2.17. The van der Waals surface area contributed by atoms with Crippen molar-refractivity contribution in [3.05, 3.63) is 233 Å². The molecule has 3 atom stereocenters. The van der Waals surface area contributed by atoms with Gasteiger partial charge in [0.2, 0.25) is 46.5 Å². The zero-order chi connectivity index (χ0) is 84.1. The highest BCUT2D eigenvalue weighted by Crippen LogP contribution is 2.42. The lowest BCUT2D eigenvalue weighted by atomic mass is 10.0. The molecule has 0 aliphatic rings. The summed E-state index contributed by atoms with van der Waals surface area (Å²) in [4.78, 5) is 0. The minimum Gasteiger partial charge on any atom is -0.402 e. The van der Waals surface area contributed by atoms with Crippen LogP contribution in [0.4, 0.5) is 176 Å². The molecule has 107 heavy (non-hydrogen) atoms. The molecule has 592 valence electrons. The Kier molecular flexibility index (Phi) is 35.4. The van der Waals surface area contributed by atoms with Crippen LogP contribution in [-0.4, -0.2) is 40.5 Å². The van der Waals surface area contributed by atoms with E-state index in [9.17, 15) is 176 Å². The van der Waals surface area contributed by atoms with E-state index in [4.69, 9.17) is 32.3 Å². The third-order valence-electron chi connectivity index (χ3n) is 12.6. The van der Waals surface area contributed by atoms with Gasteiger partial charge in [-0.05, 0) is 40.0 Å². The van der Waals surface area contributed by atoms with E-state index in [1.54, 1.807) is 0 Å². The Bertz CT molecular complexity index is 3530. The largest absolute Gasteiger partial charge is 0.631 e. The molecule has 8 aromatic carbocycles. The second-order valence-electron chi connectivity index (χ2n) is 20.1. The van der Waals surface area contributed by atoms with Crippen molar-refractivity contribution in [1.82, 2.24) is 0 Å². The van der Waals surface area contributed by atoms with E-state index in [0.29, 0.717) is 18.1 Å². The predicted molar refractivity (Wildman–Crippen MR) is 290 cm³/mol. The first-order valence-corrected chi connectivity index (χ1v) is 27.4. The number of nitrogens with two attached hydrogens (primary N) is 3. The van der Waals surface area contributed by atoms with Gasteiger partial charge in [0.25, 0.3) is 0 Å². The van der Waals surface area contributed by atoms with Gasteiger partial charge in [0, 0.05) is 18.1 Å². The number of hydrogen-bond acceptors (Lipinski definition) is 6. The summed E-state index contributed by atoms with van der Waals surface area (Å²) >= 11 is 0. The van der Waals surface area contributed by atoms with Gasteiger partial charge in [0.1, 0.15) is 0 Å². The lowest BCUT2D eigenvalue weighted by Crippen LogP contribution is -2.11. The van der Waals surface area contributed by atoms with Gasteiger partial charge in [-0.3, -0.25) is 0 Å². The summed E-state index contributed by atoms with van der Waals surface area (Å²) in [6.07, 6.45) is 3.25. The van der Waals surface area contributed by atoms with Crippen LogP contribution in [0.2, 0.25) is 0 Å². The second kappa shape index (κ2) is 39.6. The molecule has 0 aliphatic carbocycles. The molecule has 0 heterocycles. The Labute approximate surface area is 570 Å². The van der Waals surface area contributed by atoms with Gasteiger partial charge in [-0.2, -0.15) is 0 Å². The maximum atomic E-state index is 13.4. The third-order valence-corrected chi connectivity index (χ3v) is 12.6. The van der Waals surface area contributed by atoms with Crippen LogP contribution >= 0.6 is 0 Å². The molecule has 9 N–H and O–H groups in total. The Morgan fingerprint density at radius 1 is 0.168 bits per heavy atom. The summed E-state index contributed by atoms with van der Waals surface area (Å²) in [6.45, 7) is 12.2. The van der Waals surface area contributed by atoms with Gasteiger partial charge in [-0.1, -0.05) is 20.8 Å². The van der Waals surface area contributed by atoms with Crippen molar-refractivity contribution in [2.24, 2.45) is 17.2 Å². The first kappa shape index (κ1) is 95.8. The molecule has 47 heteroatoms. The predicted octanol–water partition coefficient (Wildman–Crippen LogP) is 19.2. The molecule has 8 aromatic rings. The van der Waals surface area contributed by atoms with Crippen molar-refractivity contribution < 1.29 is 191 Å². The topological polar surface area (TPSA) is 139 Å². The third kappa shape index (κ3) is 20.7. The zero-order valence-corrected chi connectivity index (χ0v) is 52.6. The molecule has 0 aromatic heterocycles. The fraction of sp³-hybridized carbons (Fsp3) is 0.200. The molecule has 0 saturated heterocycles. The fourth-order valence-corrected chi connectivity index (χ4v) is 6.60. The maximum Gasteiger partial charge on any atom is 0.631 e. The maximum absolute atomic E-state index is 13.4. The molecule has 0 radical (unpaired) electrons. The molecule has 0 aliphatic heterocycles. The van der Waals surface area contributed by atoms with Crippen molar-refractivity contribution in [3.8, 4) is 44.5 Å². The van der Waals surface area contributed by atoms with Gasteiger partial charge >= 0.3 is 7.32 Å². The Balaban J connectivity index is 0.000000658. The number of hydrogen-bond donors (Lipinski definition) is 6. The van der Waals surface area contributed by atoms with Crippen molar-refractivity contribution in [1.29, 1.82) is 0 Å². The smallest absolute Gasteiger partial charge is 0.402 e. The van der Waals surface area contributed by atoms with E-state index in [2.05, 4.69) is 20.8 Å². The first-order valence-electron chi connectivity index (χ1n) is 27.4. The van der Waals surface area contributed by atoms with E-state index in [1.165, 1.54) is 0 Å². The highest BCUT2D eigenvalue weighted by Gasteiger charge is 2.40. The van der Waals surface area contributed by atoms with Gasteiger partial charge in [0.05, 0.1) is 44.5 Å². The number of benzene rings is 8. The Morgan fingerprint density at radius 3 is 0.243 bits per heavy atom. The lowest BCUT2D eigenvalue weighted by molar-refractivity contribution is 0.278. The van der Waals surface area contributed by atoms with Gasteiger partial charge in [-0.15, -0.1) is 0 Å². The Morgan fingerprint density at radius 2 is 0.206 bits per heavy atom. The van der Waals surface area contributed by atoms with E-state index < -0.39 is 285 Å². The van der Waals surface area contributed by atoms with Crippen LogP contribution in [0.25, 0.3) is 44.5 Å². The normalized spacial score (nSPS) is 11.6. The zero-order valence-electron chi connectivity index (χ0n) is 52.6. The van der Waals surface area contributed by atoms with Gasteiger partial charge < -0.3 is 32.3 Å². The first-order chi connectivity index (χ1) is 49.0. The lowest BCUT2D eigenvalue weighted by Gasteiger charge is -2.11. The summed E-state index contributed by atoms with van der Waals surface area (Å²) < 4.78 is 525. The standard InChI is InChI=1S/4C12F10.3C4H11N.BH3O3/c4*13-3-1(4(14)8(18)11(21)7(3)17)2-5(15)9(19)12(22)10(20)6(2)16;3*1-3-4(2)5;2-1(3)4/h;;;;3*4H,3,5H2,1-2H3;2-4H. The van der Waals surface area contributed by atoms with Crippen LogP contribution < -0.4 is 17.2 Å². The minimum atomic E-state index is -2.68. The number of rotatable bonds is 7. The van der Waals surface area contributed by atoms with Crippen LogP contribution in [0.15, 0.2) is 0 Å². The summed E-state index contributed by atoms with van der Waals surface area (Å²) in [6, 6.07) is 1.15. The average Bonchev–Trinajstić information content (AvgIpc) is 0.771. The summed E-state index contributed by atoms with van der Waals surface area (Å²) in [5, 5.41) is 21.5. The molecule has 8 rings (SSSR count). The number of halogens is 40. The van der Waals surface area contributed by atoms with Crippen molar-refractivity contribution in [2.45, 2.75) is 78.9 Å². The molecule has 0 amide bonds. The average molecular weight is 1620 g/mol. The van der Waals surface area contributed by atoms with Crippen LogP contribution in [0.3, 0.4) is 0 Å². The monoisotopic (exact) mass is 1620 g/mol. The van der Waals surface area contributed by atoms with E-state index >= 15 is 0 Å². The highest BCUT2D eigenvalue weighted by atomic mass is 19.2. The molecule has 0 saturated carbocycles. The van der Waals surface area contributed by atoms with Crippen LogP contribution in [0.5, 0.6) is 0 Å². The van der Waals surface area contributed by atoms with Crippen molar-refractivity contribution in [3.63, 3.8) is 0 Å². The van der Waals surface area contributed by atoms with Crippen LogP contribution in [0.1, 0.15) is 60.8 Å². The van der Waals surface area contributed by atoms with E-state index in [-0.39, 0.29) is 0 Å². The summed E-state index contributed by atoms with van der Waals surface area (Å²) in [5.41, 5.74) is -2.21. The molecular weight excluding hydrogens is 1580 g/mol. The van der Waals surface area contributed by atoms with Crippen molar-refractivity contribution in [2.75, 3.05) is 0 Å².